The number of nitrogens with zero attached hydrogens (tertiary/aromatic N) is 1. The minimum atomic E-state index is -0.924. The van der Waals surface area contributed by atoms with E-state index in [1.807, 2.05) is 6.92 Å². The molecule has 0 aliphatic heterocycles. The fourth-order valence-corrected chi connectivity index (χ4v) is 2.01. The first-order chi connectivity index (χ1) is 9.11. The number of hydrogen-bond acceptors (Lipinski definition) is 2. The molecule has 0 aliphatic carbocycles. The van der Waals surface area contributed by atoms with Gasteiger partial charge in [0.05, 0.1) is 0 Å². The van der Waals surface area contributed by atoms with Crippen LogP contribution in [-0.4, -0.2) is 16.5 Å². The Bertz CT molecular complexity index is 517. The van der Waals surface area contributed by atoms with Gasteiger partial charge in [-0.2, -0.15) is 0 Å². The summed E-state index contributed by atoms with van der Waals surface area (Å²) in [6, 6.07) is 0.771. The summed E-state index contributed by atoms with van der Waals surface area (Å²) < 4.78 is 40.4. The number of imidazole rings is 1. The summed E-state index contributed by atoms with van der Waals surface area (Å²) in [4.78, 5) is 6.90. The summed E-state index contributed by atoms with van der Waals surface area (Å²) in [6.45, 7) is 2.36. The van der Waals surface area contributed by atoms with Gasteiger partial charge < -0.3 is 10.3 Å². The van der Waals surface area contributed by atoms with Gasteiger partial charge in [-0.05, 0) is 6.54 Å². The first kappa shape index (κ1) is 13.6. The zero-order valence-electron chi connectivity index (χ0n) is 10.4. The molecule has 1 atom stereocenters. The third kappa shape index (κ3) is 3.14. The molecule has 2 aromatic rings. The van der Waals surface area contributed by atoms with E-state index in [9.17, 15) is 13.2 Å². The van der Waals surface area contributed by atoms with Crippen molar-refractivity contribution in [1.29, 1.82) is 0 Å². The number of halogens is 3. The van der Waals surface area contributed by atoms with Crippen LogP contribution in [0.4, 0.5) is 13.2 Å². The van der Waals surface area contributed by atoms with Crippen LogP contribution in [0, 0.1) is 17.5 Å². The van der Waals surface area contributed by atoms with Gasteiger partial charge in [0.25, 0.3) is 0 Å². The number of likely N-dealkylation sites (N-methyl/N-ethyl adjacent to an activating group) is 1. The molecule has 102 valence electrons. The van der Waals surface area contributed by atoms with Crippen LogP contribution in [0.2, 0.25) is 0 Å². The second-order valence-corrected chi connectivity index (χ2v) is 4.13. The average Bonchev–Trinajstić information content (AvgIpc) is 2.80. The van der Waals surface area contributed by atoms with E-state index in [2.05, 4.69) is 15.3 Å². The summed E-state index contributed by atoms with van der Waals surface area (Å²) in [5.74, 6) is -2.11. The van der Waals surface area contributed by atoms with Gasteiger partial charge in [-0.1, -0.05) is 6.92 Å². The Hall–Kier alpha value is -1.82. The zero-order valence-corrected chi connectivity index (χ0v) is 10.4. The van der Waals surface area contributed by atoms with Crippen molar-refractivity contribution in [1.82, 2.24) is 15.3 Å². The molecule has 6 heteroatoms. The first-order valence-corrected chi connectivity index (χ1v) is 5.98. The molecule has 0 aliphatic rings. The van der Waals surface area contributed by atoms with E-state index in [1.54, 1.807) is 12.4 Å². The molecule has 0 fully saturated rings. The van der Waals surface area contributed by atoms with Crippen LogP contribution in [0.15, 0.2) is 24.5 Å². The number of aromatic nitrogens is 2. The lowest BCUT2D eigenvalue weighted by atomic mass is 10.0. The minimum Gasteiger partial charge on any atom is -0.349 e. The molecule has 0 bridgehead atoms. The Kier molecular flexibility index (Phi) is 4.21. The predicted octanol–water partition coefficient (Wildman–Crippen LogP) is 2.72. The molecule has 19 heavy (non-hydrogen) atoms. The molecule has 1 heterocycles. The van der Waals surface area contributed by atoms with Crippen molar-refractivity contribution in [2.24, 2.45) is 0 Å². The third-order valence-corrected chi connectivity index (χ3v) is 2.80. The average molecular weight is 269 g/mol. The molecule has 1 aromatic heterocycles. The highest BCUT2D eigenvalue weighted by atomic mass is 19.1. The summed E-state index contributed by atoms with van der Waals surface area (Å²) in [7, 11) is 0. The SMILES string of the molecule is CCNC(Cc1ncc[nH]1)c1c(F)cc(F)cc1F. The van der Waals surface area contributed by atoms with Gasteiger partial charge in [-0.25, -0.2) is 18.2 Å². The van der Waals surface area contributed by atoms with Crippen molar-refractivity contribution in [2.45, 2.75) is 19.4 Å². The summed E-state index contributed by atoms with van der Waals surface area (Å²) in [5, 5.41) is 2.98. The monoisotopic (exact) mass is 269 g/mol. The van der Waals surface area contributed by atoms with Crippen LogP contribution in [0.5, 0.6) is 0 Å². The second kappa shape index (κ2) is 5.88. The van der Waals surface area contributed by atoms with Crippen molar-refractivity contribution < 1.29 is 13.2 Å². The fourth-order valence-electron chi connectivity index (χ4n) is 2.01. The third-order valence-electron chi connectivity index (χ3n) is 2.80. The van der Waals surface area contributed by atoms with Gasteiger partial charge in [0.2, 0.25) is 0 Å². The van der Waals surface area contributed by atoms with Gasteiger partial charge in [-0.3, -0.25) is 0 Å². The molecule has 3 nitrogen and oxygen atoms in total. The maximum absolute atomic E-state index is 13.8. The van der Waals surface area contributed by atoms with Crippen LogP contribution >= 0.6 is 0 Å². The zero-order chi connectivity index (χ0) is 13.8. The lowest BCUT2D eigenvalue weighted by Gasteiger charge is -2.18. The molecule has 0 saturated carbocycles. The maximum atomic E-state index is 13.8. The summed E-state index contributed by atoms with van der Waals surface area (Å²) in [6.07, 6.45) is 3.49. The normalized spacial score (nSPS) is 12.6. The van der Waals surface area contributed by atoms with Crippen LogP contribution in [0.3, 0.4) is 0 Å². The van der Waals surface area contributed by atoms with Crippen LogP contribution in [0.25, 0.3) is 0 Å². The van der Waals surface area contributed by atoms with E-state index < -0.39 is 23.5 Å². The van der Waals surface area contributed by atoms with Crippen molar-refractivity contribution in [2.75, 3.05) is 6.54 Å². The Balaban J connectivity index is 2.33. The highest BCUT2D eigenvalue weighted by molar-refractivity contribution is 5.25. The van der Waals surface area contributed by atoms with Crippen molar-refractivity contribution in [3.8, 4) is 0 Å². The van der Waals surface area contributed by atoms with E-state index >= 15 is 0 Å². The van der Waals surface area contributed by atoms with E-state index in [4.69, 9.17) is 0 Å². The van der Waals surface area contributed by atoms with Gasteiger partial charge >= 0.3 is 0 Å². The number of nitrogens with one attached hydrogen (secondary N) is 2. The van der Waals surface area contributed by atoms with Gasteiger partial charge in [0.1, 0.15) is 23.3 Å². The van der Waals surface area contributed by atoms with Crippen LogP contribution in [0.1, 0.15) is 24.4 Å². The predicted molar refractivity (Wildman–Crippen MR) is 65.0 cm³/mol. The Morgan fingerprint density at radius 3 is 2.47 bits per heavy atom. The molecular formula is C13H14F3N3. The lowest BCUT2D eigenvalue weighted by molar-refractivity contribution is 0.458. The Labute approximate surface area is 108 Å². The number of hydrogen-bond donors (Lipinski definition) is 2. The molecule has 0 saturated heterocycles. The Morgan fingerprint density at radius 1 is 1.26 bits per heavy atom. The minimum absolute atomic E-state index is 0.167. The van der Waals surface area contributed by atoms with E-state index in [0.29, 0.717) is 30.9 Å². The molecule has 0 amide bonds. The summed E-state index contributed by atoms with van der Waals surface area (Å²) >= 11 is 0. The second-order valence-electron chi connectivity index (χ2n) is 4.13. The smallest absolute Gasteiger partial charge is 0.133 e. The van der Waals surface area contributed by atoms with Crippen molar-refractivity contribution in [3.05, 3.63) is 53.4 Å². The molecular weight excluding hydrogens is 255 g/mol. The molecule has 0 radical (unpaired) electrons. The summed E-state index contributed by atoms with van der Waals surface area (Å²) in [5.41, 5.74) is -0.167. The maximum Gasteiger partial charge on any atom is 0.133 e. The topological polar surface area (TPSA) is 40.7 Å². The van der Waals surface area contributed by atoms with Crippen molar-refractivity contribution in [3.63, 3.8) is 0 Å². The molecule has 0 spiro atoms. The highest BCUT2D eigenvalue weighted by Gasteiger charge is 2.21. The number of aromatic amines is 1. The van der Waals surface area contributed by atoms with E-state index in [1.165, 1.54) is 0 Å². The first-order valence-electron chi connectivity index (χ1n) is 5.98. The quantitative estimate of drug-likeness (QED) is 0.876. The lowest BCUT2D eigenvalue weighted by Crippen LogP contribution is -2.25. The van der Waals surface area contributed by atoms with E-state index in [0.717, 1.165) is 0 Å². The molecule has 1 aromatic carbocycles. The highest BCUT2D eigenvalue weighted by Crippen LogP contribution is 2.24. The number of rotatable bonds is 5. The van der Waals surface area contributed by atoms with E-state index in [-0.39, 0.29) is 5.56 Å². The molecule has 1 unspecified atom stereocenters. The van der Waals surface area contributed by atoms with Gasteiger partial charge in [-0.15, -0.1) is 0 Å². The number of H-pyrrole nitrogens is 1. The van der Waals surface area contributed by atoms with Crippen LogP contribution in [-0.2, 0) is 6.42 Å². The number of benzene rings is 1. The molecule has 2 rings (SSSR count). The Morgan fingerprint density at radius 2 is 1.95 bits per heavy atom. The molecule has 2 N–H and O–H groups in total. The standard InChI is InChI=1S/C13H14F3N3/c1-2-17-11(7-12-18-3-4-19-12)13-9(15)5-8(14)6-10(13)16/h3-6,11,17H,2,7H2,1H3,(H,18,19). The largest absolute Gasteiger partial charge is 0.349 e. The fraction of sp³-hybridized carbons (Fsp3) is 0.308. The van der Waals surface area contributed by atoms with Gasteiger partial charge in [0, 0.05) is 42.6 Å². The van der Waals surface area contributed by atoms with Crippen molar-refractivity contribution >= 4 is 0 Å². The van der Waals surface area contributed by atoms with Gasteiger partial charge in [0.15, 0.2) is 0 Å². The van der Waals surface area contributed by atoms with Crippen LogP contribution < -0.4 is 5.32 Å².